The first-order valence-corrected chi connectivity index (χ1v) is 22.9. The molecule has 0 aliphatic heterocycles. The number of para-hydroxylation sites is 2. The zero-order valence-electron chi connectivity index (χ0n) is 38.1. The van der Waals surface area contributed by atoms with Gasteiger partial charge in [0.15, 0.2) is 0 Å². The van der Waals surface area contributed by atoms with Gasteiger partial charge in [0.05, 0.1) is 11.1 Å². The molecule has 0 atom stereocenters. The third-order valence-electron chi connectivity index (χ3n) is 13.7. The predicted octanol–water partition coefficient (Wildman–Crippen LogP) is 17.3. The Hall–Kier alpha value is -7.42. The summed E-state index contributed by atoms with van der Waals surface area (Å²) in [6.07, 6.45) is 0. The standard InChI is InChI=1S/C63H53NO/c1-61(2,3)45-28-32-47(33-29-45)63(48-34-30-46(31-35-48)62(4,5)6)56-21-13-10-19-52(56)53-38-36-50(41-57(53)63)64(49-37-39-60-55(40-49)54-20-12-15-23-59(54)65-60)58-22-14-11-18-51(58)44-26-24-43(25-27-44)42-16-8-7-9-17-42/h7-41H,1-6H3. The smallest absolute Gasteiger partial charge is 0.135 e. The molecule has 0 radical (unpaired) electrons. The lowest BCUT2D eigenvalue weighted by Crippen LogP contribution is -2.29. The van der Waals surface area contributed by atoms with Crippen LogP contribution in [0.1, 0.15) is 74.9 Å². The molecule has 0 fully saturated rings. The molecule has 10 aromatic rings. The molecule has 11 rings (SSSR count). The van der Waals surface area contributed by atoms with Gasteiger partial charge in [0.1, 0.15) is 11.2 Å². The summed E-state index contributed by atoms with van der Waals surface area (Å²) >= 11 is 0. The van der Waals surface area contributed by atoms with Crippen molar-refractivity contribution in [1.29, 1.82) is 0 Å². The molecule has 0 saturated carbocycles. The Morgan fingerprint density at radius 1 is 0.369 bits per heavy atom. The Balaban J connectivity index is 1.17. The van der Waals surface area contributed by atoms with Crippen molar-refractivity contribution in [3.8, 4) is 33.4 Å². The van der Waals surface area contributed by atoms with Gasteiger partial charge in [0.2, 0.25) is 0 Å². The Labute approximate surface area is 383 Å². The molecule has 316 valence electrons. The maximum absolute atomic E-state index is 6.40. The van der Waals surface area contributed by atoms with Gasteiger partial charge in [-0.25, -0.2) is 0 Å². The number of benzene rings is 9. The van der Waals surface area contributed by atoms with Gasteiger partial charge in [0, 0.05) is 27.7 Å². The van der Waals surface area contributed by atoms with Gasteiger partial charge in [-0.15, -0.1) is 0 Å². The lowest BCUT2D eigenvalue weighted by atomic mass is 9.67. The van der Waals surface area contributed by atoms with Crippen molar-refractivity contribution in [2.45, 2.75) is 57.8 Å². The van der Waals surface area contributed by atoms with E-state index in [4.69, 9.17) is 4.42 Å². The largest absolute Gasteiger partial charge is 0.456 e. The van der Waals surface area contributed by atoms with Gasteiger partial charge in [-0.2, -0.15) is 0 Å². The molecule has 2 heteroatoms. The summed E-state index contributed by atoms with van der Waals surface area (Å²) in [5.41, 5.74) is 19.4. The second-order valence-corrected chi connectivity index (χ2v) is 19.8. The monoisotopic (exact) mass is 839 g/mol. The normalized spacial score (nSPS) is 13.2. The fourth-order valence-electron chi connectivity index (χ4n) is 10.3. The number of anilines is 3. The van der Waals surface area contributed by atoms with E-state index in [0.29, 0.717) is 0 Å². The SMILES string of the molecule is CC(C)(C)c1ccc(C2(c3ccc(C(C)(C)C)cc3)c3ccccc3-c3ccc(N(c4ccc5oc6ccccc6c5c4)c4ccccc4-c4ccc(-c5ccccc5)cc4)cc32)cc1. The van der Waals surface area contributed by atoms with Crippen molar-refractivity contribution in [3.05, 3.63) is 246 Å². The molecule has 1 aromatic heterocycles. The molecule has 0 saturated heterocycles. The Morgan fingerprint density at radius 3 is 1.55 bits per heavy atom. The minimum absolute atomic E-state index is 0.0237. The van der Waals surface area contributed by atoms with Crippen LogP contribution in [0.5, 0.6) is 0 Å². The highest BCUT2D eigenvalue weighted by Crippen LogP contribution is 2.58. The molecule has 65 heavy (non-hydrogen) atoms. The molecule has 0 bridgehead atoms. The van der Waals surface area contributed by atoms with Crippen molar-refractivity contribution in [2.24, 2.45) is 0 Å². The molecule has 9 aromatic carbocycles. The fraction of sp³-hybridized carbons (Fsp3) is 0.143. The van der Waals surface area contributed by atoms with Crippen molar-refractivity contribution in [3.63, 3.8) is 0 Å². The zero-order chi connectivity index (χ0) is 44.5. The van der Waals surface area contributed by atoms with E-state index in [-0.39, 0.29) is 10.8 Å². The molecule has 2 nitrogen and oxygen atoms in total. The van der Waals surface area contributed by atoms with Crippen LogP contribution >= 0.6 is 0 Å². The first-order chi connectivity index (χ1) is 31.5. The van der Waals surface area contributed by atoms with Gasteiger partial charge in [0.25, 0.3) is 0 Å². The molecule has 0 amide bonds. The van der Waals surface area contributed by atoms with Gasteiger partial charge in [-0.05, 0) is 114 Å². The van der Waals surface area contributed by atoms with Crippen LogP contribution in [-0.2, 0) is 16.2 Å². The molecule has 0 spiro atoms. The van der Waals surface area contributed by atoms with E-state index in [9.17, 15) is 0 Å². The molecular formula is C63H53NO. The van der Waals surface area contributed by atoms with Gasteiger partial charge < -0.3 is 9.32 Å². The van der Waals surface area contributed by atoms with Crippen molar-refractivity contribution in [1.82, 2.24) is 0 Å². The number of hydrogen-bond donors (Lipinski definition) is 0. The topological polar surface area (TPSA) is 16.4 Å². The first-order valence-electron chi connectivity index (χ1n) is 22.9. The minimum atomic E-state index is -0.585. The van der Waals surface area contributed by atoms with Crippen LogP contribution in [0.15, 0.2) is 217 Å². The lowest BCUT2D eigenvalue weighted by molar-refractivity contribution is 0.588. The average Bonchev–Trinajstić information content (AvgIpc) is 3.85. The van der Waals surface area contributed by atoms with Crippen LogP contribution in [-0.4, -0.2) is 0 Å². The third kappa shape index (κ3) is 6.79. The van der Waals surface area contributed by atoms with E-state index < -0.39 is 5.41 Å². The molecule has 1 aliphatic carbocycles. The maximum Gasteiger partial charge on any atom is 0.135 e. The molecule has 0 N–H and O–H groups in total. The highest BCUT2D eigenvalue weighted by atomic mass is 16.3. The zero-order valence-corrected chi connectivity index (χ0v) is 38.1. The third-order valence-corrected chi connectivity index (χ3v) is 13.7. The number of fused-ring (bicyclic) bond motifs is 6. The first kappa shape index (κ1) is 40.4. The quantitative estimate of drug-likeness (QED) is 0.159. The second kappa shape index (κ2) is 15.4. The average molecular weight is 840 g/mol. The van der Waals surface area contributed by atoms with E-state index >= 15 is 0 Å². The summed E-state index contributed by atoms with van der Waals surface area (Å²) in [6, 6.07) is 78.7. The second-order valence-electron chi connectivity index (χ2n) is 19.8. The van der Waals surface area contributed by atoms with E-state index in [1.807, 2.05) is 6.07 Å². The Bertz CT molecular complexity index is 3300. The van der Waals surface area contributed by atoms with E-state index in [1.165, 1.54) is 55.6 Å². The maximum atomic E-state index is 6.40. The fourth-order valence-corrected chi connectivity index (χ4v) is 10.3. The predicted molar refractivity (Wildman–Crippen MR) is 274 cm³/mol. The van der Waals surface area contributed by atoms with Crippen LogP contribution < -0.4 is 4.90 Å². The molecule has 1 heterocycles. The summed E-state index contributed by atoms with van der Waals surface area (Å²) < 4.78 is 6.40. The lowest BCUT2D eigenvalue weighted by Gasteiger charge is -2.36. The van der Waals surface area contributed by atoms with Crippen LogP contribution in [0.25, 0.3) is 55.3 Å². The van der Waals surface area contributed by atoms with Gasteiger partial charge in [-0.3, -0.25) is 0 Å². The van der Waals surface area contributed by atoms with E-state index in [1.54, 1.807) is 0 Å². The highest BCUT2D eigenvalue weighted by Gasteiger charge is 2.46. The Kier molecular flexibility index (Phi) is 9.55. The number of rotatable bonds is 7. The van der Waals surface area contributed by atoms with Crippen molar-refractivity contribution in [2.75, 3.05) is 4.90 Å². The van der Waals surface area contributed by atoms with Gasteiger partial charge in [-0.1, -0.05) is 211 Å². The summed E-state index contributed by atoms with van der Waals surface area (Å²) in [7, 11) is 0. The molecule has 1 aliphatic rings. The summed E-state index contributed by atoms with van der Waals surface area (Å²) in [5.74, 6) is 0. The highest BCUT2D eigenvalue weighted by molar-refractivity contribution is 6.07. The number of nitrogens with zero attached hydrogens (tertiary/aromatic N) is 1. The van der Waals surface area contributed by atoms with Crippen LogP contribution in [0.2, 0.25) is 0 Å². The van der Waals surface area contributed by atoms with E-state index in [2.05, 4.69) is 253 Å². The van der Waals surface area contributed by atoms with Crippen LogP contribution in [0.4, 0.5) is 17.1 Å². The van der Waals surface area contributed by atoms with Crippen LogP contribution in [0.3, 0.4) is 0 Å². The summed E-state index contributed by atoms with van der Waals surface area (Å²) in [4.78, 5) is 2.46. The van der Waals surface area contributed by atoms with Crippen molar-refractivity contribution < 1.29 is 4.42 Å². The minimum Gasteiger partial charge on any atom is -0.456 e. The number of furan rings is 1. The molecular weight excluding hydrogens is 787 g/mol. The van der Waals surface area contributed by atoms with Gasteiger partial charge >= 0.3 is 0 Å². The van der Waals surface area contributed by atoms with Crippen LogP contribution in [0, 0.1) is 0 Å². The van der Waals surface area contributed by atoms with E-state index in [0.717, 1.165) is 50.1 Å². The Morgan fingerprint density at radius 2 is 0.877 bits per heavy atom. The summed E-state index contributed by atoms with van der Waals surface area (Å²) in [6.45, 7) is 13.8. The molecule has 0 unspecified atom stereocenters. The number of hydrogen-bond acceptors (Lipinski definition) is 2. The summed E-state index contributed by atoms with van der Waals surface area (Å²) in [5, 5.41) is 2.20. The van der Waals surface area contributed by atoms with Crippen molar-refractivity contribution >= 4 is 39.0 Å².